The first kappa shape index (κ1) is 14.2. The maximum absolute atomic E-state index is 12.1. The lowest BCUT2D eigenvalue weighted by Crippen LogP contribution is -2.42. The lowest BCUT2D eigenvalue weighted by Gasteiger charge is -2.23. The molecule has 1 unspecified atom stereocenters. The Morgan fingerprint density at radius 2 is 1.75 bits per heavy atom. The van der Waals surface area contributed by atoms with Gasteiger partial charge in [-0.05, 0) is 26.3 Å². The van der Waals surface area contributed by atoms with Crippen molar-refractivity contribution in [1.82, 2.24) is 13.9 Å². The molecule has 0 spiro atoms. The number of rotatable bonds is 3. The lowest BCUT2D eigenvalue weighted by atomic mass is 10.3. The van der Waals surface area contributed by atoms with Gasteiger partial charge in [0.25, 0.3) is 10.2 Å². The van der Waals surface area contributed by atoms with Crippen molar-refractivity contribution in [3.63, 3.8) is 0 Å². The molecular formula is C9H20ClN3O2S. The predicted octanol–water partition coefficient (Wildman–Crippen LogP) is 0.0425. The van der Waals surface area contributed by atoms with Gasteiger partial charge in [-0.2, -0.15) is 17.0 Å². The van der Waals surface area contributed by atoms with Crippen LogP contribution >= 0.6 is 12.4 Å². The van der Waals surface area contributed by atoms with Crippen molar-refractivity contribution in [2.45, 2.75) is 25.3 Å². The van der Waals surface area contributed by atoms with Crippen molar-refractivity contribution >= 4 is 22.6 Å². The zero-order chi connectivity index (χ0) is 10.9. The van der Waals surface area contributed by atoms with E-state index >= 15 is 0 Å². The van der Waals surface area contributed by atoms with Crippen molar-refractivity contribution in [2.75, 3.05) is 33.2 Å². The van der Waals surface area contributed by atoms with Gasteiger partial charge in [0.2, 0.25) is 0 Å². The third kappa shape index (κ3) is 2.68. The van der Waals surface area contributed by atoms with Crippen molar-refractivity contribution in [1.29, 1.82) is 0 Å². The highest BCUT2D eigenvalue weighted by Gasteiger charge is 2.35. The fraction of sp³-hybridized carbons (Fsp3) is 1.00. The van der Waals surface area contributed by atoms with Crippen LogP contribution in [0.1, 0.15) is 19.3 Å². The van der Waals surface area contributed by atoms with Crippen LogP contribution in [0.4, 0.5) is 0 Å². The highest BCUT2D eigenvalue weighted by Crippen LogP contribution is 2.20. The Morgan fingerprint density at radius 3 is 2.25 bits per heavy atom. The molecule has 1 atom stereocenters. The molecule has 96 valence electrons. The molecule has 2 fully saturated rings. The summed E-state index contributed by atoms with van der Waals surface area (Å²) in [6.07, 6.45) is 2.93. The van der Waals surface area contributed by atoms with E-state index in [1.54, 1.807) is 8.61 Å². The standard InChI is InChI=1S/C9H19N3O2S.ClH/c1-10-9-4-7-12(8-9)15(13,14)11-5-2-3-6-11;/h9-10H,2-8H2,1H3;1H. The van der Waals surface area contributed by atoms with Gasteiger partial charge in [0.05, 0.1) is 0 Å². The Hall–Kier alpha value is 0.120. The second-order valence-corrected chi connectivity index (χ2v) is 6.17. The van der Waals surface area contributed by atoms with Gasteiger partial charge in [0, 0.05) is 32.2 Å². The number of hydrogen-bond acceptors (Lipinski definition) is 3. The first-order valence-corrected chi connectivity index (χ1v) is 6.97. The van der Waals surface area contributed by atoms with Gasteiger partial charge in [0.1, 0.15) is 0 Å². The van der Waals surface area contributed by atoms with E-state index in [-0.39, 0.29) is 12.4 Å². The molecule has 5 nitrogen and oxygen atoms in total. The molecule has 2 aliphatic rings. The van der Waals surface area contributed by atoms with E-state index in [0.29, 0.717) is 32.2 Å². The van der Waals surface area contributed by atoms with E-state index in [1.165, 1.54) is 0 Å². The summed E-state index contributed by atoms with van der Waals surface area (Å²) in [5.41, 5.74) is 0. The molecule has 0 saturated carbocycles. The van der Waals surface area contributed by atoms with Crippen LogP contribution in [0.15, 0.2) is 0 Å². The molecule has 2 heterocycles. The summed E-state index contributed by atoms with van der Waals surface area (Å²) in [5.74, 6) is 0. The zero-order valence-corrected chi connectivity index (χ0v) is 11.2. The molecule has 0 aromatic carbocycles. The Kier molecular flexibility index (Phi) is 5.00. The normalized spacial score (nSPS) is 28.2. The van der Waals surface area contributed by atoms with Crippen LogP contribution in [0.2, 0.25) is 0 Å². The van der Waals surface area contributed by atoms with Gasteiger partial charge in [-0.15, -0.1) is 12.4 Å². The van der Waals surface area contributed by atoms with Crippen LogP contribution in [0, 0.1) is 0 Å². The molecule has 7 heteroatoms. The summed E-state index contributed by atoms with van der Waals surface area (Å²) in [4.78, 5) is 0. The molecular weight excluding hydrogens is 250 g/mol. The molecule has 2 aliphatic heterocycles. The van der Waals surface area contributed by atoms with Crippen LogP contribution in [0.3, 0.4) is 0 Å². The van der Waals surface area contributed by atoms with E-state index in [1.807, 2.05) is 7.05 Å². The second kappa shape index (κ2) is 5.64. The van der Waals surface area contributed by atoms with Gasteiger partial charge < -0.3 is 5.32 Å². The van der Waals surface area contributed by atoms with Crippen molar-refractivity contribution < 1.29 is 8.42 Å². The minimum atomic E-state index is -3.15. The quantitative estimate of drug-likeness (QED) is 0.787. The summed E-state index contributed by atoms with van der Waals surface area (Å²) in [6, 6.07) is 0.322. The number of hydrogen-bond donors (Lipinski definition) is 1. The van der Waals surface area contributed by atoms with Gasteiger partial charge in [-0.3, -0.25) is 0 Å². The van der Waals surface area contributed by atoms with E-state index in [2.05, 4.69) is 5.32 Å². The summed E-state index contributed by atoms with van der Waals surface area (Å²) >= 11 is 0. The number of nitrogens with one attached hydrogen (secondary N) is 1. The number of halogens is 1. The first-order valence-electron chi connectivity index (χ1n) is 5.57. The summed E-state index contributed by atoms with van der Waals surface area (Å²) in [5, 5.41) is 3.13. The largest absolute Gasteiger partial charge is 0.316 e. The van der Waals surface area contributed by atoms with Crippen molar-refractivity contribution in [2.24, 2.45) is 0 Å². The third-order valence-electron chi connectivity index (χ3n) is 3.28. The molecule has 0 aliphatic carbocycles. The SMILES string of the molecule is CNC1CCN(S(=O)(=O)N2CCCC2)C1.Cl. The summed E-state index contributed by atoms with van der Waals surface area (Å²) in [6.45, 7) is 2.67. The highest BCUT2D eigenvalue weighted by molar-refractivity contribution is 7.86. The zero-order valence-electron chi connectivity index (χ0n) is 9.55. The monoisotopic (exact) mass is 269 g/mol. The molecule has 0 aromatic heterocycles. The van der Waals surface area contributed by atoms with Crippen LogP contribution in [0.25, 0.3) is 0 Å². The molecule has 2 saturated heterocycles. The van der Waals surface area contributed by atoms with Crippen molar-refractivity contribution in [3.05, 3.63) is 0 Å². The highest BCUT2D eigenvalue weighted by atomic mass is 35.5. The summed E-state index contributed by atoms with van der Waals surface area (Å²) in [7, 11) is -1.27. The molecule has 1 N–H and O–H groups in total. The fourth-order valence-electron chi connectivity index (χ4n) is 2.26. The van der Waals surface area contributed by atoms with E-state index in [0.717, 1.165) is 19.3 Å². The Balaban J connectivity index is 0.00000128. The lowest BCUT2D eigenvalue weighted by molar-refractivity contribution is 0.392. The maximum atomic E-state index is 12.1. The molecule has 0 aromatic rings. The minimum absolute atomic E-state index is 0. The average Bonchev–Trinajstić information content (AvgIpc) is 2.89. The van der Waals surface area contributed by atoms with Crippen LogP contribution in [0.5, 0.6) is 0 Å². The smallest absolute Gasteiger partial charge is 0.282 e. The van der Waals surface area contributed by atoms with Gasteiger partial charge in [0.15, 0.2) is 0 Å². The fourth-order valence-corrected chi connectivity index (χ4v) is 4.01. The Labute approximate surface area is 104 Å². The Morgan fingerprint density at radius 1 is 1.12 bits per heavy atom. The maximum Gasteiger partial charge on any atom is 0.282 e. The molecule has 0 amide bonds. The Bertz CT molecular complexity index is 317. The average molecular weight is 270 g/mol. The van der Waals surface area contributed by atoms with Gasteiger partial charge >= 0.3 is 0 Å². The number of likely N-dealkylation sites (N-methyl/N-ethyl adjacent to an activating group) is 1. The van der Waals surface area contributed by atoms with Crippen molar-refractivity contribution in [3.8, 4) is 0 Å². The van der Waals surface area contributed by atoms with Gasteiger partial charge in [-0.25, -0.2) is 0 Å². The molecule has 0 radical (unpaired) electrons. The first-order chi connectivity index (χ1) is 7.14. The van der Waals surface area contributed by atoms with Crippen LogP contribution < -0.4 is 5.32 Å². The number of nitrogens with zero attached hydrogens (tertiary/aromatic N) is 2. The molecule has 16 heavy (non-hydrogen) atoms. The van der Waals surface area contributed by atoms with E-state index in [4.69, 9.17) is 0 Å². The van der Waals surface area contributed by atoms with Crippen LogP contribution in [-0.4, -0.2) is 56.3 Å². The van der Waals surface area contributed by atoms with E-state index < -0.39 is 10.2 Å². The molecule has 2 rings (SSSR count). The summed E-state index contributed by atoms with van der Waals surface area (Å²) < 4.78 is 27.5. The third-order valence-corrected chi connectivity index (χ3v) is 5.28. The minimum Gasteiger partial charge on any atom is -0.316 e. The predicted molar refractivity (Wildman–Crippen MR) is 66.0 cm³/mol. The molecule has 0 bridgehead atoms. The second-order valence-electron chi connectivity index (χ2n) is 4.25. The topological polar surface area (TPSA) is 52.7 Å². The van der Waals surface area contributed by atoms with E-state index in [9.17, 15) is 8.42 Å². The van der Waals surface area contributed by atoms with Crippen LogP contribution in [-0.2, 0) is 10.2 Å². The van der Waals surface area contributed by atoms with Gasteiger partial charge in [-0.1, -0.05) is 0 Å².